The lowest BCUT2D eigenvalue weighted by molar-refractivity contribution is 0.0826. The summed E-state index contributed by atoms with van der Waals surface area (Å²) in [5.74, 6) is -0.0931. The highest BCUT2D eigenvalue weighted by Gasteiger charge is 2.18. The highest BCUT2D eigenvalue weighted by Crippen LogP contribution is 2.22. The Bertz CT molecular complexity index is 592. The third-order valence-corrected chi connectivity index (χ3v) is 3.43. The van der Waals surface area contributed by atoms with Crippen LogP contribution in [0.15, 0.2) is 42.6 Å². The van der Waals surface area contributed by atoms with E-state index in [2.05, 4.69) is 16.6 Å². The molecule has 4 heteroatoms. The predicted molar refractivity (Wildman–Crippen MR) is 76.8 cm³/mol. The molecular formula is C16H16N3O. The molecule has 4 nitrogen and oxygen atoms in total. The summed E-state index contributed by atoms with van der Waals surface area (Å²) < 4.78 is 0. The van der Waals surface area contributed by atoms with Crippen LogP contribution in [0.4, 0.5) is 0 Å². The van der Waals surface area contributed by atoms with Gasteiger partial charge in [-0.3, -0.25) is 15.2 Å². The number of rotatable bonds is 3. The molecule has 1 aromatic heterocycles. The molecule has 1 aromatic carbocycles. The maximum atomic E-state index is 12.4. The van der Waals surface area contributed by atoms with E-state index in [1.165, 1.54) is 0 Å². The molecular weight excluding hydrogens is 250 g/mol. The zero-order valence-electron chi connectivity index (χ0n) is 11.2. The van der Waals surface area contributed by atoms with Gasteiger partial charge in [-0.05, 0) is 24.5 Å². The molecule has 1 aliphatic rings. The third-order valence-electron chi connectivity index (χ3n) is 3.43. The molecule has 0 spiro atoms. The van der Waals surface area contributed by atoms with Crippen LogP contribution in [0.1, 0.15) is 23.2 Å². The molecule has 0 unspecified atom stereocenters. The number of aromatic nitrogens is 1. The number of nitrogens with one attached hydrogen (secondary N) is 1. The van der Waals surface area contributed by atoms with Crippen molar-refractivity contribution in [1.82, 2.24) is 15.4 Å². The van der Waals surface area contributed by atoms with Gasteiger partial charge in [0.25, 0.3) is 5.91 Å². The lowest BCUT2D eigenvalue weighted by Gasteiger charge is -2.17. The molecule has 101 valence electrons. The van der Waals surface area contributed by atoms with E-state index in [1.54, 1.807) is 12.3 Å². The first-order valence-electron chi connectivity index (χ1n) is 6.82. The van der Waals surface area contributed by atoms with Gasteiger partial charge in [-0.1, -0.05) is 30.3 Å². The molecule has 1 radical (unpaired) electrons. The largest absolute Gasteiger partial charge is 0.285 e. The maximum absolute atomic E-state index is 12.4. The predicted octanol–water partition coefficient (Wildman–Crippen LogP) is 2.29. The van der Waals surface area contributed by atoms with Crippen LogP contribution in [0.25, 0.3) is 11.1 Å². The van der Waals surface area contributed by atoms with Gasteiger partial charge in [0.1, 0.15) is 0 Å². The normalized spacial score (nSPS) is 15.2. The Hall–Kier alpha value is -2.20. The number of carbonyl (C=O) groups is 1. The SMILES string of the molecule is O=C(NN1CCCC1)c1ccn[c]c1-c1ccccc1. The number of benzene rings is 1. The Kier molecular flexibility index (Phi) is 3.74. The van der Waals surface area contributed by atoms with E-state index in [0.717, 1.165) is 37.1 Å². The van der Waals surface area contributed by atoms with Crippen molar-refractivity contribution in [3.63, 3.8) is 0 Å². The highest BCUT2D eigenvalue weighted by molar-refractivity contribution is 6.00. The summed E-state index contributed by atoms with van der Waals surface area (Å²) in [5, 5.41) is 1.97. The smallest absolute Gasteiger partial charge is 0.266 e. The van der Waals surface area contributed by atoms with Crippen molar-refractivity contribution >= 4 is 5.91 Å². The fraction of sp³-hybridized carbons (Fsp3) is 0.250. The minimum Gasteiger partial charge on any atom is -0.285 e. The number of amides is 1. The number of carbonyl (C=O) groups excluding carboxylic acids is 1. The Morgan fingerprint density at radius 3 is 2.65 bits per heavy atom. The molecule has 0 atom stereocenters. The highest BCUT2D eigenvalue weighted by atomic mass is 16.2. The first kappa shape index (κ1) is 12.8. The van der Waals surface area contributed by atoms with Crippen LogP contribution in [0.2, 0.25) is 0 Å². The van der Waals surface area contributed by atoms with E-state index in [0.29, 0.717) is 5.56 Å². The zero-order valence-corrected chi connectivity index (χ0v) is 11.2. The number of nitrogens with zero attached hydrogens (tertiary/aromatic N) is 2. The molecule has 0 aliphatic carbocycles. The quantitative estimate of drug-likeness (QED) is 0.927. The Labute approximate surface area is 118 Å². The van der Waals surface area contributed by atoms with E-state index in [1.807, 2.05) is 35.3 Å². The summed E-state index contributed by atoms with van der Waals surface area (Å²) in [6, 6.07) is 11.5. The fourth-order valence-corrected chi connectivity index (χ4v) is 2.40. The first-order chi connectivity index (χ1) is 9.84. The van der Waals surface area contributed by atoms with Crippen molar-refractivity contribution in [3.05, 3.63) is 54.4 Å². The molecule has 2 heterocycles. The molecule has 1 amide bonds. The van der Waals surface area contributed by atoms with Crippen LogP contribution in [-0.4, -0.2) is 29.0 Å². The Balaban J connectivity index is 1.87. The molecule has 1 saturated heterocycles. The van der Waals surface area contributed by atoms with E-state index < -0.39 is 0 Å². The lowest BCUT2D eigenvalue weighted by atomic mass is 10.0. The third kappa shape index (κ3) is 2.70. The van der Waals surface area contributed by atoms with E-state index in [-0.39, 0.29) is 5.91 Å². The summed E-state index contributed by atoms with van der Waals surface area (Å²) in [4.78, 5) is 16.4. The number of hydrogen-bond acceptors (Lipinski definition) is 3. The summed E-state index contributed by atoms with van der Waals surface area (Å²) in [6.07, 6.45) is 6.80. The first-order valence-corrected chi connectivity index (χ1v) is 6.82. The molecule has 0 bridgehead atoms. The lowest BCUT2D eigenvalue weighted by Crippen LogP contribution is -2.40. The maximum Gasteiger partial charge on any atom is 0.266 e. The molecule has 20 heavy (non-hydrogen) atoms. The second-order valence-corrected chi connectivity index (χ2v) is 4.85. The molecule has 1 fully saturated rings. The summed E-state index contributed by atoms with van der Waals surface area (Å²) in [6.45, 7) is 1.84. The van der Waals surface area contributed by atoms with Crippen LogP contribution >= 0.6 is 0 Å². The summed E-state index contributed by atoms with van der Waals surface area (Å²) in [5.41, 5.74) is 5.25. The van der Waals surface area contributed by atoms with Crippen molar-refractivity contribution in [2.75, 3.05) is 13.1 Å². The number of hydrazine groups is 1. The monoisotopic (exact) mass is 266 g/mol. The summed E-state index contributed by atoms with van der Waals surface area (Å²) >= 11 is 0. The van der Waals surface area contributed by atoms with Gasteiger partial charge in [0.2, 0.25) is 0 Å². The Morgan fingerprint density at radius 2 is 1.90 bits per heavy atom. The van der Waals surface area contributed by atoms with Crippen LogP contribution in [0.5, 0.6) is 0 Å². The van der Waals surface area contributed by atoms with Gasteiger partial charge in [0.15, 0.2) is 0 Å². The van der Waals surface area contributed by atoms with Gasteiger partial charge < -0.3 is 0 Å². The number of hydrogen-bond donors (Lipinski definition) is 1. The van der Waals surface area contributed by atoms with E-state index >= 15 is 0 Å². The standard InChI is InChI=1S/C16H16N3O/c20-16(18-19-10-4-5-11-19)14-8-9-17-12-15(14)13-6-2-1-3-7-13/h1-3,6-9H,4-5,10-11H2,(H,18,20). The van der Waals surface area contributed by atoms with Crippen molar-refractivity contribution in [1.29, 1.82) is 0 Å². The second-order valence-electron chi connectivity index (χ2n) is 4.85. The fourth-order valence-electron chi connectivity index (χ4n) is 2.40. The average molecular weight is 266 g/mol. The van der Waals surface area contributed by atoms with Crippen molar-refractivity contribution in [2.24, 2.45) is 0 Å². The van der Waals surface area contributed by atoms with Gasteiger partial charge in [0.05, 0.1) is 11.8 Å². The van der Waals surface area contributed by atoms with Crippen LogP contribution in [-0.2, 0) is 0 Å². The van der Waals surface area contributed by atoms with Crippen LogP contribution in [0, 0.1) is 6.20 Å². The van der Waals surface area contributed by atoms with Gasteiger partial charge in [-0.2, -0.15) is 0 Å². The second kappa shape index (κ2) is 5.84. The average Bonchev–Trinajstić information content (AvgIpc) is 3.01. The van der Waals surface area contributed by atoms with Gasteiger partial charge >= 0.3 is 0 Å². The van der Waals surface area contributed by atoms with Gasteiger partial charge in [0, 0.05) is 24.8 Å². The number of pyridine rings is 1. The van der Waals surface area contributed by atoms with Gasteiger partial charge in [-0.25, -0.2) is 5.01 Å². The minimum absolute atomic E-state index is 0.0931. The molecule has 0 saturated carbocycles. The van der Waals surface area contributed by atoms with Crippen LogP contribution in [0.3, 0.4) is 0 Å². The topological polar surface area (TPSA) is 45.2 Å². The van der Waals surface area contributed by atoms with Crippen molar-refractivity contribution in [3.8, 4) is 11.1 Å². The molecule has 3 rings (SSSR count). The molecule has 2 aromatic rings. The van der Waals surface area contributed by atoms with Crippen LogP contribution < -0.4 is 5.43 Å². The van der Waals surface area contributed by atoms with E-state index in [4.69, 9.17) is 0 Å². The molecule has 1 N–H and O–H groups in total. The van der Waals surface area contributed by atoms with Crippen molar-refractivity contribution in [2.45, 2.75) is 12.8 Å². The van der Waals surface area contributed by atoms with E-state index in [9.17, 15) is 4.79 Å². The Morgan fingerprint density at radius 1 is 1.15 bits per heavy atom. The van der Waals surface area contributed by atoms with Crippen molar-refractivity contribution < 1.29 is 4.79 Å². The minimum atomic E-state index is -0.0931. The zero-order chi connectivity index (χ0) is 13.8. The summed E-state index contributed by atoms with van der Waals surface area (Å²) in [7, 11) is 0. The molecule has 1 aliphatic heterocycles. The van der Waals surface area contributed by atoms with Gasteiger partial charge in [-0.15, -0.1) is 0 Å².